The summed E-state index contributed by atoms with van der Waals surface area (Å²) >= 11 is 0. The summed E-state index contributed by atoms with van der Waals surface area (Å²) in [5, 5.41) is 15.6. The SMILES string of the molecule is CCC(NCc1ccccc1)C(NN)C(=O)NCC1CCN(Cc2ccc(C(=O)O)cc2)CC1. The van der Waals surface area contributed by atoms with Gasteiger partial charge in [-0.3, -0.25) is 15.5 Å². The molecule has 8 nitrogen and oxygen atoms in total. The number of carbonyl (C=O) groups is 2. The van der Waals surface area contributed by atoms with Crippen LogP contribution in [-0.2, 0) is 17.9 Å². The summed E-state index contributed by atoms with van der Waals surface area (Å²) in [5.74, 6) is 5.21. The second-order valence-corrected chi connectivity index (χ2v) is 8.99. The molecule has 0 bridgehead atoms. The van der Waals surface area contributed by atoms with Crippen LogP contribution in [0.25, 0.3) is 0 Å². The van der Waals surface area contributed by atoms with Crippen LogP contribution >= 0.6 is 0 Å². The van der Waals surface area contributed by atoms with E-state index in [2.05, 4.69) is 33.1 Å². The zero-order valence-corrected chi connectivity index (χ0v) is 19.9. The maximum Gasteiger partial charge on any atom is 0.335 e. The van der Waals surface area contributed by atoms with E-state index < -0.39 is 12.0 Å². The number of piperidine rings is 1. The fourth-order valence-electron chi connectivity index (χ4n) is 4.43. The number of nitrogens with two attached hydrogens (primary N) is 1. The minimum atomic E-state index is -0.904. The Morgan fingerprint density at radius 3 is 2.32 bits per heavy atom. The normalized spacial score (nSPS) is 16.6. The Hall–Kier alpha value is -2.78. The van der Waals surface area contributed by atoms with Gasteiger partial charge in [-0.25, -0.2) is 10.2 Å². The third-order valence-electron chi connectivity index (χ3n) is 6.59. The number of hydrogen-bond donors (Lipinski definition) is 5. The highest BCUT2D eigenvalue weighted by Gasteiger charge is 2.27. The molecule has 0 aromatic heterocycles. The molecule has 0 aliphatic carbocycles. The largest absolute Gasteiger partial charge is 0.478 e. The van der Waals surface area contributed by atoms with E-state index in [1.807, 2.05) is 37.3 Å². The van der Waals surface area contributed by atoms with Crippen LogP contribution in [0.15, 0.2) is 54.6 Å². The van der Waals surface area contributed by atoms with Crippen LogP contribution in [-0.4, -0.2) is 53.6 Å². The number of carboxylic acid groups (broad SMARTS) is 1. The van der Waals surface area contributed by atoms with Crippen molar-refractivity contribution in [1.82, 2.24) is 21.0 Å². The van der Waals surface area contributed by atoms with Gasteiger partial charge in [-0.2, -0.15) is 0 Å². The zero-order chi connectivity index (χ0) is 24.3. The predicted octanol–water partition coefficient (Wildman–Crippen LogP) is 2.11. The van der Waals surface area contributed by atoms with Gasteiger partial charge in [0.15, 0.2) is 0 Å². The van der Waals surface area contributed by atoms with Gasteiger partial charge in [-0.15, -0.1) is 0 Å². The van der Waals surface area contributed by atoms with Crippen LogP contribution in [0.1, 0.15) is 47.7 Å². The molecule has 34 heavy (non-hydrogen) atoms. The minimum absolute atomic E-state index is 0.0698. The molecule has 2 atom stereocenters. The summed E-state index contributed by atoms with van der Waals surface area (Å²) < 4.78 is 0. The van der Waals surface area contributed by atoms with Crippen molar-refractivity contribution in [2.45, 2.75) is 51.4 Å². The Labute approximate surface area is 201 Å². The molecule has 0 saturated carbocycles. The Bertz CT molecular complexity index is 898. The number of nitrogens with zero attached hydrogens (tertiary/aromatic N) is 1. The predicted molar refractivity (Wildman–Crippen MR) is 133 cm³/mol. The molecule has 6 N–H and O–H groups in total. The molecule has 1 saturated heterocycles. The van der Waals surface area contributed by atoms with Crippen LogP contribution < -0.4 is 21.9 Å². The van der Waals surface area contributed by atoms with Crippen LogP contribution in [0, 0.1) is 5.92 Å². The summed E-state index contributed by atoms with van der Waals surface area (Å²) in [7, 11) is 0. The maximum atomic E-state index is 12.9. The molecule has 184 valence electrons. The molecule has 1 aliphatic rings. The third-order valence-corrected chi connectivity index (χ3v) is 6.59. The number of benzene rings is 2. The van der Waals surface area contributed by atoms with Gasteiger partial charge in [-0.1, -0.05) is 49.4 Å². The van der Waals surface area contributed by atoms with E-state index in [1.54, 1.807) is 12.1 Å². The average molecular weight is 468 g/mol. The quantitative estimate of drug-likeness (QED) is 0.240. The minimum Gasteiger partial charge on any atom is -0.478 e. The molecule has 8 heteroatoms. The van der Waals surface area contributed by atoms with Gasteiger partial charge in [0, 0.05) is 25.7 Å². The monoisotopic (exact) mass is 467 g/mol. The first-order chi connectivity index (χ1) is 16.5. The van der Waals surface area contributed by atoms with Gasteiger partial charge in [0.1, 0.15) is 6.04 Å². The second-order valence-electron chi connectivity index (χ2n) is 8.99. The lowest BCUT2D eigenvalue weighted by atomic mass is 9.96. The molecule has 1 aliphatic heterocycles. The highest BCUT2D eigenvalue weighted by Crippen LogP contribution is 2.19. The van der Waals surface area contributed by atoms with Crippen molar-refractivity contribution in [3.05, 3.63) is 71.3 Å². The van der Waals surface area contributed by atoms with Gasteiger partial charge in [0.05, 0.1) is 5.56 Å². The van der Waals surface area contributed by atoms with Crippen molar-refractivity contribution in [3.8, 4) is 0 Å². The van der Waals surface area contributed by atoms with Crippen molar-refractivity contribution >= 4 is 11.9 Å². The van der Waals surface area contributed by atoms with Crippen LogP contribution in [0.2, 0.25) is 0 Å². The smallest absolute Gasteiger partial charge is 0.335 e. The molecule has 2 aromatic rings. The fraction of sp³-hybridized carbons (Fsp3) is 0.462. The zero-order valence-electron chi connectivity index (χ0n) is 19.9. The third kappa shape index (κ3) is 7.63. The number of carbonyl (C=O) groups excluding carboxylic acids is 1. The molecule has 1 fully saturated rings. The topological polar surface area (TPSA) is 120 Å². The molecule has 2 unspecified atom stereocenters. The molecule has 1 amide bonds. The van der Waals surface area contributed by atoms with Gasteiger partial charge >= 0.3 is 5.97 Å². The van der Waals surface area contributed by atoms with Gasteiger partial charge < -0.3 is 15.7 Å². The highest BCUT2D eigenvalue weighted by atomic mass is 16.4. The summed E-state index contributed by atoms with van der Waals surface area (Å²) in [6, 6.07) is 16.6. The molecule has 0 spiro atoms. The van der Waals surface area contributed by atoms with E-state index in [0.29, 0.717) is 24.6 Å². The molecule has 1 heterocycles. The fourth-order valence-corrected chi connectivity index (χ4v) is 4.43. The first-order valence-corrected chi connectivity index (χ1v) is 12.1. The number of amides is 1. The Balaban J connectivity index is 1.41. The van der Waals surface area contributed by atoms with Gasteiger partial charge in [0.25, 0.3) is 0 Å². The van der Waals surface area contributed by atoms with Gasteiger partial charge in [-0.05, 0) is 61.5 Å². The first-order valence-electron chi connectivity index (χ1n) is 12.1. The van der Waals surface area contributed by atoms with E-state index in [9.17, 15) is 9.59 Å². The Morgan fingerprint density at radius 2 is 1.74 bits per heavy atom. The summed E-state index contributed by atoms with van der Waals surface area (Å²) in [6.07, 6.45) is 2.80. The van der Waals surface area contributed by atoms with Gasteiger partial charge in [0.2, 0.25) is 5.91 Å². The molecular formula is C26H37N5O3. The summed E-state index contributed by atoms with van der Waals surface area (Å²) in [5.41, 5.74) is 5.29. The summed E-state index contributed by atoms with van der Waals surface area (Å²) in [4.78, 5) is 26.2. The Kier molecular flexibility index (Phi) is 10.0. The van der Waals surface area contributed by atoms with Crippen molar-refractivity contribution in [2.75, 3.05) is 19.6 Å². The number of carboxylic acids is 1. The second kappa shape index (κ2) is 13.2. The van der Waals surface area contributed by atoms with Crippen molar-refractivity contribution in [2.24, 2.45) is 11.8 Å². The Morgan fingerprint density at radius 1 is 1.06 bits per heavy atom. The van der Waals surface area contributed by atoms with Crippen LogP contribution in [0.5, 0.6) is 0 Å². The number of nitrogens with one attached hydrogen (secondary N) is 3. The van der Waals surface area contributed by atoms with Crippen molar-refractivity contribution in [3.63, 3.8) is 0 Å². The number of aromatic carboxylic acids is 1. The lowest BCUT2D eigenvalue weighted by Gasteiger charge is -2.32. The maximum absolute atomic E-state index is 12.9. The number of rotatable bonds is 12. The summed E-state index contributed by atoms with van der Waals surface area (Å²) in [6.45, 7) is 6.09. The van der Waals surface area contributed by atoms with E-state index >= 15 is 0 Å². The standard InChI is InChI=1S/C26H37N5O3/c1-2-23(28-16-19-6-4-3-5-7-19)24(30-27)25(32)29-17-20-12-14-31(15-13-20)18-21-8-10-22(11-9-21)26(33)34/h3-11,20,23-24,28,30H,2,12-18,27H2,1H3,(H,29,32)(H,33,34). The van der Waals surface area contributed by atoms with Crippen LogP contribution in [0.3, 0.4) is 0 Å². The highest BCUT2D eigenvalue weighted by molar-refractivity contribution is 5.87. The molecule has 0 radical (unpaired) electrons. The molecular weight excluding hydrogens is 430 g/mol. The van der Waals surface area contributed by atoms with E-state index in [1.165, 1.54) is 5.56 Å². The number of likely N-dealkylation sites (tertiary alicyclic amines) is 1. The lowest BCUT2D eigenvalue weighted by Crippen LogP contribution is -2.58. The van der Waals surface area contributed by atoms with Crippen LogP contribution in [0.4, 0.5) is 0 Å². The van der Waals surface area contributed by atoms with E-state index in [0.717, 1.165) is 44.5 Å². The number of hydrazine groups is 1. The molecule has 2 aromatic carbocycles. The van der Waals surface area contributed by atoms with E-state index in [4.69, 9.17) is 10.9 Å². The lowest BCUT2D eigenvalue weighted by molar-refractivity contribution is -0.124. The van der Waals surface area contributed by atoms with E-state index in [-0.39, 0.29) is 11.9 Å². The average Bonchev–Trinajstić information content (AvgIpc) is 2.87. The first kappa shape index (κ1) is 25.8. The molecule has 3 rings (SSSR count). The van der Waals surface area contributed by atoms with Crippen molar-refractivity contribution in [1.29, 1.82) is 0 Å². The van der Waals surface area contributed by atoms with Crippen molar-refractivity contribution < 1.29 is 14.7 Å². The number of hydrogen-bond acceptors (Lipinski definition) is 6.